The molecule has 568 valence electrons. The first-order valence-corrected chi connectivity index (χ1v) is 37.1. The van der Waals surface area contributed by atoms with Crippen LogP contribution in [0.5, 0.6) is 29.0 Å². The number of nitrogens with zero attached hydrogens (tertiary/aromatic N) is 2. The Hall–Kier alpha value is -9.66. The number of halogens is 9. The number of H-pyrrole nitrogens is 1. The highest BCUT2D eigenvalue weighted by atomic mass is 35.5. The number of benzene rings is 6. The van der Waals surface area contributed by atoms with Gasteiger partial charge in [-0.3, -0.25) is 19.2 Å². The maximum Gasteiger partial charge on any atom is 0.341 e. The Balaban J connectivity index is 0.000000144. The summed E-state index contributed by atoms with van der Waals surface area (Å²) in [5.41, 5.74) is -0.543. The van der Waals surface area contributed by atoms with Gasteiger partial charge < -0.3 is 54.8 Å². The van der Waals surface area contributed by atoms with Gasteiger partial charge in [-0.05, 0) is 74.8 Å². The molecule has 9 aromatic rings. The van der Waals surface area contributed by atoms with Gasteiger partial charge in [-0.2, -0.15) is 0 Å². The fourth-order valence-electron chi connectivity index (χ4n) is 15.9. The number of aliphatic hydroxyl groups is 1. The maximum absolute atomic E-state index is 16.0. The molecule has 6 N–H and O–H groups in total. The maximum atomic E-state index is 16.0. The van der Waals surface area contributed by atoms with Crippen molar-refractivity contribution < 1.29 is 79.4 Å². The molecule has 9 heterocycles. The number of aromatic nitrogens is 3. The molecular formula is C82H75Cl3F6N6O12. The number of rotatable bonds is 21. The van der Waals surface area contributed by atoms with Crippen LogP contribution in [0.4, 0.5) is 26.3 Å². The van der Waals surface area contributed by atoms with Gasteiger partial charge in [0.25, 0.3) is 17.3 Å². The number of pyridine rings is 3. The van der Waals surface area contributed by atoms with Crippen LogP contribution in [0.2, 0.25) is 15.1 Å². The lowest BCUT2D eigenvalue weighted by molar-refractivity contribution is -0.139. The number of hydrogen-bond acceptors (Lipinski definition) is 16. The van der Waals surface area contributed by atoms with Crippen LogP contribution in [0.1, 0.15) is 143 Å². The third-order valence-corrected chi connectivity index (χ3v) is 22.1. The molecule has 3 saturated heterocycles. The van der Waals surface area contributed by atoms with Crippen molar-refractivity contribution in [3.8, 4) is 62.4 Å². The number of aromatic amines is 1. The zero-order valence-electron chi connectivity index (χ0n) is 59.4. The number of carbonyl (C=O) groups is 4. The van der Waals surface area contributed by atoms with E-state index in [1.54, 1.807) is 20.8 Å². The number of ether oxygens (including phenoxy) is 5. The van der Waals surface area contributed by atoms with Crippen LogP contribution in [-0.4, -0.2) is 106 Å². The minimum Gasteiger partial charge on any atom is -0.480 e. The highest BCUT2D eigenvalue weighted by molar-refractivity contribution is 6.35. The first-order valence-electron chi connectivity index (χ1n) is 36.0. The van der Waals surface area contributed by atoms with Crippen molar-refractivity contribution >= 4 is 58.1 Å². The first-order chi connectivity index (χ1) is 52.5. The van der Waals surface area contributed by atoms with E-state index in [-0.39, 0.29) is 158 Å². The SMILES string of the molecule is CCC(=O)c1c[nH]c(=O)c(F)c1-c1c(Cl)c(F)cc2c1C[C@](c1ccccc1)([C@@H]1CCCN1)O2.CCC(=O)c1cnc(OCC(=O)O)c(F)c1-c1c(Cl)c(F)cc2c1C[C@](c1ccccc1)([C@@H]1CCCN1)O2.CCC(=O)c1cnc(OCCO)c(F)c1-c1c(Cl)c(F)cc2c1C[C@](c1ccccc1)([C@@H]1CCCN1)O2. The molecule has 0 bridgehead atoms. The van der Waals surface area contributed by atoms with Crippen molar-refractivity contribution in [2.24, 2.45) is 0 Å². The zero-order chi connectivity index (χ0) is 77.2. The molecule has 18 nitrogen and oxygen atoms in total. The van der Waals surface area contributed by atoms with Crippen molar-refractivity contribution in [1.82, 2.24) is 30.9 Å². The number of carbonyl (C=O) groups excluding carboxylic acids is 3. The second-order valence-electron chi connectivity index (χ2n) is 27.3. The van der Waals surface area contributed by atoms with E-state index in [9.17, 15) is 24.0 Å². The van der Waals surface area contributed by atoms with Crippen molar-refractivity contribution in [3.05, 3.63) is 238 Å². The molecule has 27 heteroatoms. The van der Waals surface area contributed by atoms with Gasteiger partial charge in [0.1, 0.15) is 41.3 Å². The molecule has 3 fully saturated rings. The number of Topliss-reactive ketones (excluding diaryl/α,β-unsaturated/α-hetero) is 3. The lowest BCUT2D eigenvalue weighted by atomic mass is 9.80. The topological polar surface area (TPSA) is 250 Å². The van der Waals surface area contributed by atoms with Gasteiger partial charge >= 0.3 is 5.97 Å². The molecule has 6 aromatic carbocycles. The van der Waals surface area contributed by atoms with Crippen LogP contribution < -0.4 is 45.2 Å². The summed E-state index contributed by atoms with van der Waals surface area (Å²) in [5, 5.41) is 27.6. The number of aliphatic hydroxyl groups excluding tert-OH is 1. The molecule has 0 amide bonds. The third kappa shape index (κ3) is 14.4. The van der Waals surface area contributed by atoms with Gasteiger partial charge in [0.15, 0.2) is 58.2 Å². The van der Waals surface area contributed by atoms with Gasteiger partial charge in [-0.1, -0.05) is 147 Å². The highest BCUT2D eigenvalue weighted by Gasteiger charge is 2.54. The Bertz CT molecular complexity index is 5070. The normalized spacial score (nSPS) is 20.7. The molecule has 3 aromatic heterocycles. The molecular weight excluding hydrogens is 1480 g/mol. The van der Waals surface area contributed by atoms with Crippen molar-refractivity contribution in [2.45, 2.75) is 133 Å². The largest absolute Gasteiger partial charge is 0.480 e. The molecule has 0 radical (unpaired) electrons. The average molecular weight is 1560 g/mol. The van der Waals surface area contributed by atoms with E-state index in [1.807, 2.05) is 91.0 Å². The third-order valence-electron chi connectivity index (χ3n) is 21.0. The Morgan fingerprint density at radius 3 is 1.17 bits per heavy atom. The molecule has 6 aliphatic heterocycles. The van der Waals surface area contributed by atoms with Crippen LogP contribution in [0.3, 0.4) is 0 Å². The second kappa shape index (κ2) is 32.5. The predicted octanol–water partition coefficient (Wildman–Crippen LogP) is 15.7. The van der Waals surface area contributed by atoms with Crippen LogP contribution in [0, 0.1) is 34.9 Å². The molecule has 0 aliphatic carbocycles. The van der Waals surface area contributed by atoms with Crippen LogP contribution >= 0.6 is 34.8 Å². The first kappa shape index (κ1) is 77.5. The van der Waals surface area contributed by atoms with E-state index in [1.165, 1.54) is 30.6 Å². The summed E-state index contributed by atoms with van der Waals surface area (Å²) in [7, 11) is 0. The van der Waals surface area contributed by atoms with E-state index >= 15 is 26.3 Å². The summed E-state index contributed by atoms with van der Waals surface area (Å²) in [4.78, 5) is 71.7. The number of carboxylic acids is 1. The minimum absolute atomic E-state index is 0.00660. The van der Waals surface area contributed by atoms with Gasteiger partial charge in [-0.25, -0.2) is 41.1 Å². The Morgan fingerprint density at radius 1 is 0.505 bits per heavy atom. The molecule has 15 rings (SSSR count). The van der Waals surface area contributed by atoms with E-state index < -0.39 is 93.2 Å². The second-order valence-corrected chi connectivity index (χ2v) is 28.4. The Morgan fingerprint density at radius 2 is 0.844 bits per heavy atom. The minimum atomic E-state index is -1.34. The molecule has 0 spiro atoms. The van der Waals surface area contributed by atoms with Gasteiger partial charge in [-0.15, -0.1) is 0 Å². The zero-order valence-corrected chi connectivity index (χ0v) is 61.6. The van der Waals surface area contributed by atoms with Crippen LogP contribution in [0.15, 0.2) is 133 Å². The number of ketones is 3. The highest BCUT2D eigenvalue weighted by Crippen LogP contribution is 2.56. The Kier molecular flexibility index (Phi) is 23.1. The van der Waals surface area contributed by atoms with Crippen LogP contribution in [-0.2, 0) is 40.9 Å². The summed E-state index contributed by atoms with van der Waals surface area (Å²) in [6, 6.07) is 32.2. The lowest BCUT2D eigenvalue weighted by Crippen LogP contribution is -2.48. The predicted molar refractivity (Wildman–Crippen MR) is 397 cm³/mol. The monoisotopic (exact) mass is 1550 g/mol. The number of fused-ring (bicyclic) bond motifs is 3. The number of aliphatic carboxylic acids is 1. The lowest BCUT2D eigenvalue weighted by Gasteiger charge is -2.35. The molecule has 0 saturated carbocycles. The van der Waals surface area contributed by atoms with Crippen molar-refractivity contribution in [2.75, 3.05) is 39.5 Å². The number of carboxylic acid groups (broad SMARTS) is 1. The molecule has 0 unspecified atom stereocenters. The van der Waals surface area contributed by atoms with E-state index in [0.717, 1.165) is 81.0 Å². The summed E-state index contributed by atoms with van der Waals surface area (Å²) in [6.45, 7) is 5.89. The van der Waals surface area contributed by atoms with E-state index in [2.05, 4.69) is 30.9 Å². The molecule has 6 atom stereocenters. The van der Waals surface area contributed by atoms with Crippen molar-refractivity contribution in [1.29, 1.82) is 0 Å². The molecule has 6 aliphatic rings. The summed E-state index contributed by atoms with van der Waals surface area (Å²) in [6.07, 6.45) is 9.78. The van der Waals surface area contributed by atoms with Crippen molar-refractivity contribution in [3.63, 3.8) is 0 Å². The van der Waals surface area contributed by atoms with Gasteiger partial charge in [0.2, 0.25) is 0 Å². The fourth-order valence-corrected chi connectivity index (χ4v) is 16.7. The summed E-state index contributed by atoms with van der Waals surface area (Å²) < 4.78 is 123. The van der Waals surface area contributed by atoms with Gasteiger partial charge in [0.05, 0.1) is 39.8 Å². The van der Waals surface area contributed by atoms with Crippen LogP contribution in [0.25, 0.3) is 33.4 Å². The summed E-state index contributed by atoms with van der Waals surface area (Å²) >= 11 is 19.5. The average Bonchev–Trinajstić information content (AvgIpc) is 1.59. The van der Waals surface area contributed by atoms with E-state index in [4.69, 9.17) is 68.7 Å². The Labute approximate surface area is 637 Å². The standard InChI is InChI=1S/C28H25ClF2N2O5.C28H27ClF2N2O4.C26H23ClF2N2O3/c1-2-19(34)17-13-33-27(37-14-22(35)36)26(31)24(17)23-16-12-28(21-9-6-10-32-21,15-7-4-3-5-8-15)38-20(16)11-18(30)25(23)29;1-2-20(35)18-15-33-27(36-12-11-34)26(31)24(18)23-17-14-28(22-9-6-10-32-22,16-7-4-3-5-8-16)37-21(17)13-19(30)25(23)29;1-2-18(32)16-13-31-25(33)24(29)22(16)21-15-12-26(20-9-6-10-30-20,14-7-4-3-5-8-14)34-19(15)11-17(28)23(21)27/h3-5,7-8,11,13,21,32H,2,6,9-10,12,14H2,1H3,(H,35,36);3-5,7-8,13,15,22,32,34H,2,6,9-12,14H2,1H3;3-5,7-8,11,13,20,30H,2,6,9-10,12H2,1H3,(H,31,33)/t21-,28-;22-,28-;20-,26-/m000/s1. The quantitative estimate of drug-likeness (QED) is 0.0289. The summed E-state index contributed by atoms with van der Waals surface area (Å²) in [5.74, 6) is -8.60. The fraction of sp³-hybridized carbons (Fsp3) is 0.329. The van der Waals surface area contributed by atoms with E-state index in [0.29, 0.717) is 16.7 Å². The number of hydrogen-bond donors (Lipinski definition) is 6. The molecule has 109 heavy (non-hydrogen) atoms. The smallest absolute Gasteiger partial charge is 0.341 e. The number of nitrogens with one attached hydrogen (secondary N) is 4. The van der Waals surface area contributed by atoms with Gasteiger partial charge in [0, 0.05) is 142 Å².